The van der Waals surface area contributed by atoms with Gasteiger partial charge in [0.25, 0.3) is 0 Å². The van der Waals surface area contributed by atoms with Crippen LogP contribution < -0.4 is 27.6 Å². The van der Waals surface area contributed by atoms with Crippen LogP contribution in [0.3, 0.4) is 0 Å². The Bertz CT molecular complexity index is 1910. The molecule has 0 spiro atoms. The monoisotopic (exact) mass is 981 g/mol. The molecular formula is C37H24BF24NO2. The lowest BCUT2D eigenvalue weighted by atomic mass is 9.12. The zero-order valence-electron chi connectivity index (χ0n) is 31.9. The zero-order valence-corrected chi connectivity index (χ0v) is 31.9. The van der Waals surface area contributed by atoms with Crippen molar-refractivity contribution in [2.24, 2.45) is 0 Å². The van der Waals surface area contributed by atoms with Gasteiger partial charge < -0.3 is 10.5 Å². The number of halogens is 24. The number of quaternary nitrogens is 1. The standard InChI is InChI=1S/C32H12BF24.C5H11NO2/c34-25(35,36)13-1-14(26(37,38)39)6-21(5-13)33(22-7-15(27(40,41)42)2-16(8-22)28(43,44)45,23-9-17(29(46,47)48)3-18(10-23)30(49,50)51)24-11-19(31(52,53)54)4-20(12-24)32(55,56)57;1-3-8-5(7)4(2)6/h1-12H;4H,3,6H2,1-2H3/q-1;/p+1/t;4-/m.0/s1. The summed E-state index contributed by atoms with van der Waals surface area (Å²) in [5, 5.41) is 0. The Morgan fingerprint density at radius 3 is 0.646 bits per heavy atom. The zero-order chi connectivity index (χ0) is 50.5. The topological polar surface area (TPSA) is 53.9 Å². The molecule has 4 aromatic rings. The summed E-state index contributed by atoms with van der Waals surface area (Å²) in [7, 11) is 0. The van der Waals surface area contributed by atoms with Gasteiger partial charge in [0.05, 0.1) is 51.1 Å². The second-order valence-corrected chi connectivity index (χ2v) is 13.9. The van der Waals surface area contributed by atoms with Crippen molar-refractivity contribution in [1.82, 2.24) is 0 Å². The first kappa shape index (κ1) is 54.0. The van der Waals surface area contributed by atoms with Gasteiger partial charge in [-0.2, -0.15) is 127 Å². The molecule has 0 aromatic heterocycles. The van der Waals surface area contributed by atoms with Crippen LogP contribution in [-0.4, -0.2) is 24.8 Å². The summed E-state index contributed by atoms with van der Waals surface area (Å²) in [6, 6.07) is -9.05. The Morgan fingerprint density at radius 1 is 0.400 bits per heavy atom. The van der Waals surface area contributed by atoms with Crippen molar-refractivity contribution in [3.63, 3.8) is 0 Å². The highest BCUT2D eigenvalue weighted by atomic mass is 19.4. The number of ether oxygens (including phenoxy) is 1. The molecule has 0 radical (unpaired) electrons. The first-order chi connectivity index (χ1) is 28.9. The summed E-state index contributed by atoms with van der Waals surface area (Å²) >= 11 is 0. The minimum Gasteiger partial charge on any atom is -0.462 e. The lowest BCUT2D eigenvalue weighted by Gasteiger charge is -2.46. The Labute approximate surface area is 348 Å². The summed E-state index contributed by atoms with van der Waals surface area (Å²) < 4.78 is 345. The quantitative estimate of drug-likeness (QED) is 0.119. The van der Waals surface area contributed by atoms with Crippen molar-refractivity contribution in [3.8, 4) is 0 Å². The number of hydrogen-bond acceptors (Lipinski definition) is 2. The van der Waals surface area contributed by atoms with Crippen molar-refractivity contribution in [1.29, 1.82) is 0 Å². The van der Waals surface area contributed by atoms with Crippen LogP contribution in [0.15, 0.2) is 72.8 Å². The molecule has 3 nitrogen and oxygen atoms in total. The van der Waals surface area contributed by atoms with Crippen molar-refractivity contribution in [2.45, 2.75) is 69.3 Å². The van der Waals surface area contributed by atoms with Gasteiger partial charge in [-0.05, 0) is 38.1 Å². The highest BCUT2D eigenvalue weighted by molar-refractivity contribution is 7.20. The van der Waals surface area contributed by atoms with Crippen LogP contribution in [0.1, 0.15) is 58.4 Å². The summed E-state index contributed by atoms with van der Waals surface area (Å²) in [6.45, 7) is 3.93. The number of benzene rings is 4. The number of rotatable bonds is 6. The van der Waals surface area contributed by atoms with Crippen LogP contribution in [0.25, 0.3) is 0 Å². The third-order valence-electron chi connectivity index (χ3n) is 9.13. The van der Waals surface area contributed by atoms with E-state index in [2.05, 4.69) is 10.5 Å². The van der Waals surface area contributed by atoms with Gasteiger partial charge in [0.1, 0.15) is 6.15 Å². The summed E-state index contributed by atoms with van der Waals surface area (Å²) in [4.78, 5) is 10.5. The highest BCUT2D eigenvalue weighted by Gasteiger charge is 2.47. The van der Waals surface area contributed by atoms with Crippen molar-refractivity contribution < 1.29 is 121 Å². The average molecular weight is 981 g/mol. The van der Waals surface area contributed by atoms with Crippen LogP contribution in [-0.2, 0) is 58.9 Å². The number of hydrogen-bond donors (Lipinski definition) is 1. The lowest BCUT2D eigenvalue weighted by Crippen LogP contribution is -2.75. The molecule has 4 aromatic carbocycles. The van der Waals surface area contributed by atoms with E-state index in [4.69, 9.17) is 0 Å². The van der Waals surface area contributed by atoms with Crippen molar-refractivity contribution >= 4 is 34.0 Å². The first-order valence-electron chi connectivity index (χ1n) is 17.3. The molecule has 0 aliphatic heterocycles. The predicted octanol–water partition coefficient (Wildman–Crippen LogP) is 10.4. The molecular weight excluding hydrogens is 957 g/mol. The minimum absolute atomic E-state index is 0.229. The van der Waals surface area contributed by atoms with Gasteiger partial charge in [0, 0.05) is 0 Å². The predicted molar refractivity (Wildman–Crippen MR) is 179 cm³/mol. The largest absolute Gasteiger partial charge is 0.462 e. The number of esters is 1. The molecule has 0 saturated carbocycles. The Morgan fingerprint density at radius 2 is 0.554 bits per heavy atom. The first-order valence-corrected chi connectivity index (χ1v) is 17.3. The molecule has 360 valence electrons. The molecule has 0 heterocycles. The van der Waals surface area contributed by atoms with Gasteiger partial charge in [-0.1, -0.05) is 48.5 Å². The Hall–Kier alpha value is -5.31. The molecule has 0 fully saturated rings. The molecule has 0 saturated heterocycles. The maximum atomic E-state index is 14.2. The third kappa shape index (κ3) is 12.7. The van der Waals surface area contributed by atoms with E-state index < -0.39 is 195 Å². The second kappa shape index (κ2) is 17.8. The van der Waals surface area contributed by atoms with Crippen LogP contribution >= 0.6 is 0 Å². The van der Waals surface area contributed by atoms with Gasteiger partial charge in [-0.15, -0.1) is 0 Å². The van der Waals surface area contributed by atoms with Crippen LogP contribution in [0.4, 0.5) is 105 Å². The van der Waals surface area contributed by atoms with E-state index in [-0.39, 0.29) is 12.0 Å². The normalized spacial score (nSPS) is 14.1. The van der Waals surface area contributed by atoms with Crippen LogP contribution in [0.2, 0.25) is 0 Å². The van der Waals surface area contributed by atoms with E-state index in [0.29, 0.717) is 6.61 Å². The van der Waals surface area contributed by atoms with Crippen LogP contribution in [0.5, 0.6) is 0 Å². The maximum Gasteiger partial charge on any atom is 0.416 e. The van der Waals surface area contributed by atoms with E-state index in [0.717, 1.165) is 0 Å². The van der Waals surface area contributed by atoms with Gasteiger partial charge in [0.15, 0.2) is 6.04 Å². The molecule has 0 unspecified atom stereocenters. The smallest absolute Gasteiger partial charge is 0.416 e. The highest BCUT2D eigenvalue weighted by Crippen LogP contribution is 2.41. The van der Waals surface area contributed by atoms with E-state index >= 15 is 0 Å². The summed E-state index contributed by atoms with van der Waals surface area (Å²) in [6.07, 6.45) is -54.8. The molecule has 3 N–H and O–H groups in total. The SMILES string of the molecule is CCOC(=O)[C@H](C)[NH3+].FC(F)(F)c1cc([B-](c2cc(C(F)(F)F)cc(C(F)(F)F)c2)(c2cc(C(F)(F)F)cc(C(F)(F)F)c2)c2cc(C(F)(F)F)cc(C(F)(F)F)c2)cc(C(F)(F)F)c1. The van der Waals surface area contributed by atoms with E-state index in [1.54, 1.807) is 13.8 Å². The fourth-order valence-corrected chi connectivity index (χ4v) is 6.36. The third-order valence-corrected chi connectivity index (χ3v) is 9.13. The molecule has 65 heavy (non-hydrogen) atoms. The van der Waals surface area contributed by atoms with E-state index in [9.17, 15) is 110 Å². The maximum absolute atomic E-state index is 14.2. The fourth-order valence-electron chi connectivity index (χ4n) is 6.36. The Kier molecular flexibility index (Phi) is 14.8. The van der Waals surface area contributed by atoms with Gasteiger partial charge in [-0.25, -0.2) is 4.79 Å². The second-order valence-electron chi connectivity index (χ2n) is 13.9. The fraction of sp³-hybridized carbons (Fsp3) is 0.324. The number of carbonyl (C=O) groups excluding carboxylic acids is 1. The van der Waals surface area contributed by atoms with E-state index in [1.165, 1.54) is 0 Å². The number of carbonyl (C=O) groups is 1. The molecule has 0 bridgehead atoms. The van der Waals surface area contributed by atoms with Gasteiger partial charge >= 0.3 is 55.4 Å². The number of alkyl halides is 24. The van der Waals surface area contributed by atoms with Gasteiger partial charge in [-0.3, -0.25) is 0 Å². The molecule has 0 amide bonds. The Balaban J connectivity index is 0.00000128. The van der Waals surface area contributed by atoms with Crippen molar-refractivity contribution in [2.75, 3.05) is 6.61 Å². The molecule has 4 rings (SSSR count). The minimum atomic E-state index is -6.13. The van der Waals surface area contributed by atoms with Crippen molar-refractivity contribution in [3.05, 3.63) is 117 Å². The molecule has 1 atom stereocenters. The lowest BCUT2D eigenvalue weighted by molar-refractivity contribution is -0.402. The van der Waals surface area contributed by atoms with Crippen LogP contribution in [0, 0.1) is 0 Å². The molecule has 0 aliphatic rings. The average Bonchev–Trinajstić information content (AvgIpc) is 3.12. The summed E-state index contributed by atoms with van der Waals surface area (Å²) in [5.74, 6) is -0.229. The molecule has 28 heteroatoms. The van der Waals surface area contributed by atoms with Gasteiger partial charge in [0.2, 0.25) is 0 Å². The summed E-state index contributed by atoms with van der Waals surface area (Å²) in [5.41, 5.74) is -26.7. The van der Waals surface area contributed by atoms with E-state index in [1.807, 2.05) is 0 Å². The molecule has 0 aliphatic carbocycles.